The molecule has 2 N–H and O–H groups in total. The number of hydrogen-bond acceptors (Lipinski definition) is 5. The van der Waals surface area contributed by atoms with E-state index in [1.54, 1.807) is 35.2 Å². The quantitative estimate of drug-likeness (QED) is 0.702. The standard InChI is InChI=1S/C19H25N3O5/c23-16-12-15(13-22(16)7-6-21-8-10-27-11-9-21)18(24)20-17(19(25)26)14-4-2-1-3-5-14/h1-5,15,17H,6-13H2,(H,20,24)(H,25,26)/t15?,17-/m0/s1. The van der Waals surface area contributed by atoms with E-state index in [4.69, 9.17) is 4.74 Å². The molecule has 3 rings (SSSR count). The number of carbonyl (C=O) groups excluding carboxylic acids is 2. The van der Waals surface area contributed by atoms with Crippen LogP contribution in [0.3, 0.4) is 0 Å². The molecule has 0 saturated carbocycles. The molecule has 2 heterocycles. The van der Waals surface area contributed by atoms with Gasteiger partial charge in [0.05, 0.1) is 19.1 Å². The van der Waals surface area contributed by atoms with E-state index in [0.717, 1.165) is 19.6 Å². The molecule has 2 saturated heterocycles. The molecule has 1 aromatic carbocycles. The zero-order valence-electron chi connectivity index (χ0n) is 15.2. The Bertz CT molecular complexity index is 675. The summed E-state index contributed by atoms with van der Waals surface area (Å²) < 4.78 is 5.31. The van der Waals surface area contributed by atoms with Crippen molar-refractivity contribution in [3.05, 3.63) is 35.9 Å². The predicted molar refractivity (Wildman–Crippen MR) is 96.9 cm³/mol. The summed E-state index contributed by atoms with van der Waals surface area (Å²) in [7, 11) is 0. The first kappa shape index (κ1) is 19.3. The monoisotopic (exact) mass is 375 g/mol. The number of hydrogen-bond donors (Lipinski definition) is 2. The molecule has 0 bridgehead atoms. The van der Waals surface area contributed by atoms with Crippen LogP contribution < -0.4 is 5.32 Å². The van der Waals surface area contributed by atoms with Crippen molar-refractivity contribution in [1.29, 1.82) is 0 Å². The summed E-state index contributed by atoms with van der Waals surface area (Å²) >= 11 is 0. The first-order chi connectivity index (χ1) is 13.0. The normalized spacial score (nSPS) is 21.9. The topological polar surface area (TPSA) is 99.2 Å². The molecule has 0 aromatic heterocycles. The lowest BCUT2D eigenvalue weighted by Gasteiger charge is -2.28. The number of ether oxygens (including phenoxy) is 1. The molecule has 27 heavy (non-hydrogen) atoms. The van der Waals surface area contributed by atoms with Gasteiger partial charge in [0.25, 0.3) is 0 Å². The molecule has 146 valence electrons. The molecule has 8 nitrogen and oxygen atoms in total. The van der Waals surface area contributed by atoms with E-state index in [-0.39, 0.29) is 12.3 Å². The van der Waals surface area contributed by atoms with Gasteiger partial charge in [0.2, 0.25) is 11.8 Å². The molecular weight excluding hydrogens is 350 g/mol. The summed E-state index contributed by atoms with van der Waals surface area (Å²) in [6, 6.07) is 7.44. The highest BCUT2D eigenvalue weighted by Gasteiger charge is 2.36. The van der Waals surface area contributed by atoms with Crippen molar-refractivity contribution in [3.8, 4) is 0 Å². The van der Waals surface area contributed by atoms with E-state index in [0.29, 0.717) is 31.9 Å². The van der Waals surface area contributed by atoms with Crippen LogP contribution in [0.4, 0.5) is 0 Å². The molecule has 2 atom stereocenters. The first-order valence-electron chi connectivity index (χ1n) is 9.20. The van der Waals surface area contributed by atoms with Crippen LogP contribution in [0.1, 0.15) is 18.0 Å². The molecule has 8 heteroatoms. The first-order valence-corrected chi connectivity index (χ1v) is 9.20. The minimum absolute atomic E-state index is 0.0602. The van der Waals surface area contributed by atoms with Crippen molar-refractivity contribution in [2.45, 2.75) is 12.5 Å². The molecule has 0 spiro atoms. The number of nitrogens with zero attached hydrogens (tertiary/aromatic N) is 2. The summed E-state index contributed by atoms with van der Waals surface area (Å²) in [4.78, 5) is 40.3. The van der Waals surface area contributed by atoms with Gasteiger partial charge in [0.1, 0.15) is 0 Å². The van der Waals surface area contributed by atoms with Crippen molar-refractivity contribution in [2.24, 2.45) is 5.92 Å². The Hall–Kier alpha value is -2.45. The summed E-state index contributed by atoms with van der Waals surface area (Å²) in [5.74, 6) is -2.10. The summed E-state index contributed by atoms with van der Waals surface area (Å²) in [6.07, 6.45) is 0.121. The van der Waals surface area contributed by atoms with E-state index in [1.807, 2.05) is 0 Å². The smallest absolute Gasteiger partial charge is 0.330 e. The molecule has 2 aliphatic rings. The maximum atomic E-state index is 12.6. The van der Waals surface area contributed by atoms with Crippen LogP contribution in [0, 0.1) is 5.92 Å². The summed E-state index contributed by atoms with van der Waals surface area (Å²) in [6.45, 7) is 4.77. The van der Waals surface area contributed by atoms with Crippen LogP contribution >= 0.6 is 0 Å². The number of carbonyl (C=O) groups is 3. The number of likely N-dealkylation sites (tertiary alicyclic amines) is 1. The average molecular weight is 375 g/mol. The Labute approximate surface area is 158 Å². The second kappa shape index (κ2) is 8.96. The number of carboxylic acids is 1. The van der Waals surface area contributed by atoms with Gasteiger partial charge in [0.15, 0.2) is 6.04 Å². The van der Waals surface area contributed by atoms with Crippen molar-refractivity contribution in [2.75, 3.05) is 45.9 Å². The third-order valence-corrected chi connectivity index (χ3v) is 5.04. The average Bonchev–Trinajstić information content (AvgIpc) is 3.06. The Kier molecular flexibility index (Phi) is 6.41. The van der Waals surface area contributed by atoms with Crippen LogP contribution in [0.15, 0.2) is 30.3 Å². The zero-order valence-corrected chi connectivity index (χ0v) is 15.2. The number of amides is 2. The second-order valence-corrected chi connectivity index (χ2v) is 6.89. The van der Waals surface area contributed by atoms with E-state index in [1.165, 1.54) is 0 Å². The molecular formula is C19H25N3O5. The number of benzene rings is 1. The molecule has 0 aliphatic carbocycles. The maximum Gasteiger partial charge on any atom is 0.330 e. The highest BCUT2D eigenvalue weighted by Crippen LogP contribution is 2.20. The number of morpholine rings is 1. The third kappa shape index (κ3) is 5.05. The van der Waals surface area contributed by atoms with Gasteiger partial charge in [-0.1, -0.05) is 30.3 Å². The fourth-order valence-corrected chi connectivity index (χ4v) is 3.44. The second-order valence-electron chi connectivity index (χ2n) is 6.89. The molecule has 0 radical (unpaired) electrons. The molecule has 1 aromatic rings. The minimum Gasteiger partial charge on any atom is -0.479 e. The Morgan fingerprint density at radius 1 is 1.19 bits per heavy atom. The number of aliphatic carboxylic acids is 1. The fraction of sp³-hybridized carbons (Fsp3) is 0.526. The van der Waals surface area contributed by atoms with E-state index < -0.39 is 23.8 Å². The van der Waals surface area contributed by atoms with Gasteiger partial charge >= 0.3 is 5.97 Å². The summed E-state index contributed by atoms with van der Waals surface area (Å²) in [5.41, 5.74) is 0.506. The number of nitrogens with one attached hydrogen (secondary N) is 1. The Balaban J connectivity index is 1.54. The molecule has 2 amide bonds. The van der Waals surface area contributed by atoms with Crippen LogP contribution in [0.2, 0.25) is 0 Å². The highest BCUT2D eigenvalue weighted by molar-refractivity contribution is 5.91. The van der Waals surface area contributed by atoms with Crippen LogP contribution in [-0.2, 0) is 19.1 Å². The number of rotatable bonds is 7. The summed E-state index contributed by atoms with van der Waals surface area (Å²) in [5, 5.41) is 12.0. The van der Waals surface area contributed by atoms with Gasteiger partial charge in [-0.15, -0.1) is 0 Å². The lowest BCUT2D eigenvalue weighted by atomic mass is 10.0. The lowest BCUT2D eigenvalue weighted by molar-refractivity contribution is -0.142. The van der Waals surface area contributed by atoms with Crippen molar-refractivity contribution >= 4 is 17.8 Å². The molecule has 2 fully saturated rings. The van der Waals surface area contributed by atoms with Crippen LogP contribution in [0.5, 0.6) is 0 Å². The fourth-order valence-electron chi connectivity index (χ4n) is 3.44. The van der Waals surface area contributed by atoms with Gasteiger partial charge < -0.3 is 20.1 Å². The lowest BCUT2D eigenvalue weighted by Crippen LogP contribution is -2.42. The van der Waals surface area contributed by atoms with Gasteiger partial charge in [-0.3, -0.25) is 14.5 Å². The van der Waals surface area contributed by atoms with Gasteiger partial charge in [-0.2, -0.15) is 0 Å². The largest absolute Gasteiger partial charge is 0.479 e. The highest BCUT2D eigenvalue weighted by atomic mass is 16.5. The minimum atomic E-state index is -1.12. The third-order valence-electron chi connectivity index (χ3n) is 5.04. The SMILES string of the molecule is O=C(N[C@H](C(=O)O)c1ccccc1)C1CC(=O)N(CCN2CCOCC2)C1. The Morgan fingerprint density at radius 3 is 2.56 bits per heavy atom. The van der Waals surface area contributed by atoms with Crippen LogP contribution in [-0.4, -0.2) is 78.6 Å². The van der Waals surface area contributed by atoms with Crippen LogP contribution in [0.25, 0.3) is 0 Å². The van der Waals surface area contributed by atoms with Gasteiger partial charge in [-0.25, -0.2) is 4.79 Å². The molecule has 1 unspecified atom stereocenters. The van der Waals surface area contributed by atoms with E-state index in [2.05, 4.69) is 10.2 Å². The van der Waals surface area contributed by atoms with Crippen molar-refractivity contribution in [3.63, 3.8) is 0 Å². The predicted octanol–water partition coefficient (Wildman–Crippen LogP) is 0.109. The molecule has 2 aliphatic heterocycles. The van der Waals surface area contributed by atoms with Gasteiger partial charge in [0, 0.05) is 39.1 Å². The van der Waals surface area contributed by atoms with E-state index >= 15 is 0 Å². The Morgan fingerprint density at radius 2 is 1.89 bits per heavy atom. The number of carboxylic acid groups (broad SMARTS) is 1. The van der Waals surface area contributed by atoms with E-state index in [9.17, 15) is 19.5 Å². The zero-order chi connectivity index (χ0) is 19.2. The maximum absolute atomic E-state index is 12.6. The van der Waals surface area contributed by atoms with Crippen molar-refractivity contribution < 1.29 is 24.2 Å². The van der Waals surface area contributed by atoms with Crippen molar-refractivity contribution in [1.82, 2.24) is 15.1 Å². The van der Waals surface area contributed by atoms with Gasteiger partial charge in [-0.05, 0) is 5.56 Å².